The van der Waals surface area contributed by atoms with Gasteiger partial charge in [-0.05, 0) is 37.3 Å². The fourth-order valence-corrected chi connectivity index (χ4v) is 3.69. The second-order valence-electron chi connectivity index (χ2n) is 7.33. The average Bonchev–Trinajstić information content (AvgIpc) is 3.26. The normalized spacial score (nSPS) is 12.0. The van der Waals surface area contributed by atoms with Crippen molar-refractivity contribution in [3.8, 4) is 16.9 Å². The predicted molar refractivity (Wildman–Crippen MR) is 129 cm³/mol. The number of nitrogens with two attached hydrogens (primary N) is 3. The maximum atomic E-state index is 11.5. The van der Waals surface area contributed by atoms with E-state index in [2.05, 4.69) is 9.98 Å². The number of hydrogen-bond acceptors (Lipinski definition) is 6. The molecule has 4 rings (SSSR count). The van der Waals surface area contributed by atoms with Crippen LogP contribution in [0.3, 0.4) is 0 Å². The number of anilines is 1. The Morgan fingerprint density at radius 3 is 2.66 bits per heavy atom. The average molecular weight is 425 g/mol. The van der Waals surface area contributed by atoms with E-state index in [1.54, 1.807) is 37.8 Å². The first kappa shape index (κ1) is 20.8. The molecule has 2 aromatic heterocycles. The SMILES string of the molecule is CN=CC(=CN)c1cn(-c2cccc3c(-c4ccc(C(N)=O)cc4N)nc(C)cc23)cn1. The van der Waals surface area contributed by atoms with E-state index in [-0.39, 0.29) is 0 Å². The summed E-state index contributed by atoms with van der Waals surface area (Å²) in [6, 6.07) is 13.0. The van der Waals surface area contributed by atoms with E-state index in [1.807, 2.05) is 42.0 Å². The maximum Gasteiger partial charge on any atom is 0.248 e. The third-order valence-corrected chi connectivity index (χ3v) is 5.18. The van der Waals surface area contributed by atoms with Crippen LogP contribution in [-0.2, 0) is 0 Å². The van der Waals surface area contributed by atoms with Gasteiger partial charge in [-0.1, -0.05) is 12.1 Å². The van der Waals surface area contributed by atoms with Crippen LogP contribution in [0.1, 0.15) is 21.7 Å². The summed E-state index contributed by atoms with van der Waals surface area (Å²) in [5.41, 5.74) is 22.9. The number of pyridine rings is 1. The summed E-state index contributed by atoms with van der Waals surface area (Å²) < 4.78 is 1.94. The molecule has 0 atom stereocenters. The Labute approximate surface area is 185 Å². The van der Waals surface area contributed by atoms with Crippen molar-refractivity contribution in [2.75, 3.05) is 12.8 Å². The van der Waals surface area contributed by atoms with Crippen LogP contribution in [0.5, 0.6) is 0 Å². The molecule has 8 nitrogen and oxygen atoms in total. The molecule has 0 saturated carbocycles. The van der Waals surface area contributed by atoms with Gasteiger partial charge in [0, 0.05) is 64.5 Å². The van der Waals surface area contributed by atoms with Gasteiger partial charge < -0.3 is 21.8 Å². The van der Waals surface area contributed by atoms with Gasteiger partial charge >= 0.3 is 0 Å². The number of carbonyl (C=O) groups excluding carboxylic acids is 1. The highest BCUT2D eigenvalue weighted by atomic mass is 16.1. The summed E-state index contributed by atoms with van der Waals surface area (Å²) in [7, 11) is 1.68. The second kappa shape index (κ2) is 8.35. The zero-order valence-electron chi connectivity index (χ0n) is 17.8. The summed E-state index contributed by atoms with van der Waals surface area (Å²) >= 11 is 0. The van der Waals surface area contributed by atoms with Gasteiger partial charge in [0.1, 0.15) is 0 Å². The van der Waals surface area contributed by atoms with Gasteiger partial charge in [0.15, 0.2) is 0 Å². The molecule has 0 aliphatic rings. The van der Waals surface area contributed by atoms with Crippen molar-refractivity contribution in [3.63, 3.8) is 0 Å². The molecule has 0 aliphatic carbocycles. The molecule has 0 aliphatic heterocycles. The molecule has 0 radical (unpaired) electrons. The zero-order valence-corrected chi connectivity index (χ0v) is 17.8. The molecule has 4 aromatic rings. The van der Waals surface area contributed by atoms with E-state index < -0.39 is 5.91 Å². The molecular weight excluding hydrogens is 402 g/mol. The molecule has 160 valence electrons. The van der Waals surface area contributed by atoms with Crippen LogP contribution >= 0.6 is 0 Å². The zero-order chi connectivity index (χ0) is 22.8. The van der Waals surface area contributed by atoms with E-state index in [0.717, 1.165) is 39.0 Å². The lowest BCUT2D eigenvalue weighted by Gasteiger charge is -2.14. The van der Waals surface area contributed by atoms with E-state index in [4.69, 9.17) is 22.2 Å². The minimum absolute atomic E-state index is 0.356. The Balaban J connectivity index is 1.90. The number of benzene rings is 2. The van der Waals surface area contributed by atoms with Gasteiger partial charge in [0.2, 0.25) is 5.91 Å². The van der Waals surface area contributed by atoms with Gasteiger partial charge in [-0.2, -0.15) is 0 Å². The number of allylic oxidation sites excluding steroid dienone is 1. The maximum absolute atomic E-state index is 11.5. The fourth-order valence-electron chi connectivity index (χ4n) is 3.69. The highest BCUT2D eigenvalue weighted by molar-refractivity contribution is 6.09. The van der Waals surface area contributed by atoms with Crippen molar-refractivity contribution in [2.24, 2.45) is 16.5 Å². The number of aliphatic imine (C=N–C) groups is 1. The standard InChI is InChI=1S/C24H23N7O/c1-14-8-19-17(23(30-14)18-7-6-15(24(27)32)9-20(18)26)4-3-5-22(19)31-12-21(29-13-31)16(10-25)11-28-2/h3-13H,25-26H2,1-2H3,(H2,27,32). The van der Waals surface area contributed by atoms with Crippen LogP contribution in [0.2, 0.25) is 0 Å². The van der Waals surface area contributed by atoms with Crippen LogP contribution in [0.4, 0.5) is 5.69 Å². The Hall–Kier alpha value is -4.46. The largest absolute Gasteiger partial charge is 0.404 e. The first-order valence-corrected chi connectivity index (χ1v) is 9.91. The number of carbonyl (C=O) groups is 1. The summed E-state index contributed by atoms with van der Waals surface area (Å²) in [6.45, 7) is 1.93. The number of nitrogens with zero attached hydrogens (tertiary/aromatic N) is 4. The summed E-state index contributed by atoms with van der Waals surface area (Å²) in [5, 5.41) is 1.91. The van der Waals surface area contributed by atoms with Crippen molar-refractivity contribution < 1.29 is 4.79 Å². The molecule has 1 amide bonds. The monoisotopic (exact) mass is 425 g/mol. The highest BCUT2D eigenvalue weighted by Crippen LogP contribution is 2.34. The highest BCUT2D eigenvalue weighted by Gasteiger charge is 2.15. The van der Waals surface area contributed by atoms with Crippen LogP contribution in [0.25, 0.3) is 33.3 Å². The number of imidazole rings is 1. The molecule has 2 heterocycles. The Morgan fingerprint density at radius 1 is 1.16 bits per heavy atom. The van der Waals surface area contributed by atoms with Gasteiger partial charge in [-0.15, -0.1) is 0 Å². The number of hydrogen-bond donors (Lipinski definition) is 3. The topological polar surface area (TPSA) is 138 Å². The number of fused-ring (bicyclic) bond motifs is 1. The third kappa shape index (κ3) is 3.69. The molecule has 32 heavy (non-hydrogen) atoms. The molecule has 0 bridgehead atoms. The van der Waals surface area contributed by atoms with E-state index in [1.165, 1.54) is 6.20 Å². The number of aromatic nitrogens is 3. The lowest BCUT2D eigenvalue weighted by atomic mass is 9.99. The van der Waals surface area contributed by atoms with E-state index >= 15 is 0 Å². The van der Waals surface area contributed by atoms with E-state index in [0.29, 0.717) is 16.9 Å². The number of primary amides is 1. The number of amides is 1. The number of rotatable bonds is 5. The van der Waals surface area contributed by atoms with E-state index in [9.17, 15) is 4.79 Å². The Kier molecular flexibility index (Phi) is 5.43. The van der Waals surface area contributed by atoms with Gasteiger partial charge in [-0.25, -0.2) is 4.98 Å². The van der Waals surface area contributed by atoms with Crippen molar-refractivity contribution in [3.05, 3.63) is 78.1 Å². The molecule has 6 N–H and O–H groups in total. The summed E-state index contributed by atoms with van der Waals surface area (Å²) in [5.74, 6) is -0.525. The molecule has 0 unspecified atom stereocenters. The molecule has 2 aromatic carbocycles. The minimum Gasteiger partial charge on any atom is -0.404 e. The second-order valence-corrected chi connectivity index (χ2v) is 7.33. The van der Waals surface area contributed by atoms with Crippen LogP contribution < -0.4 is 17.2 Å². The third-order valence-electron chi connectivity index (χ3n) is 5.18. The summed E-state index contributed by atoms with van der Waals surface area (Å²) in [4.78, 5) is 24.8. The van der Waals surface area contributed by atoms with Gasteiger partial charge in [0.05, 0.1) is 23.4 Å². The molecule has 8 heteroatoms. The smallest absolute Gasteiger partial charge is 0.248 e. The quantitative estimate of drug-likeness (QED) is 0.333. The van der Waals surface area contributed by atoms with Crippen LogP contribution in [0.15, 0.2) is 66.2 Å². The molecule has 0 fully saturated rings. The molecule has 0 saturated heterocycles. The molecular formula is C24H23N7O. The first-order chi connectivity index (χ1) is 15.4. The lowest BCUT2D eigenvalue weighted by Crippen LogP contribution is -2.11. The van der Waals surface area contributed by atoms with Crippen LogP contribution in [0, 0.1) is 6.92 Å². The first-order valence-electron chi connectivity index (χ1n) is 9.91. The Bertz CT molecular complexity index is 1400. The predicted octanol–water partition coefficient (Wildman–Crippen LogP) is 3.08. The van der Waals surface area contributed by atoms with Crippen molar-refractivity contribution in [1.82, 2.24) is 14.5 Å². The van der Waals surface area contributed by atoms with Crippen molar-refractivity contribution >= 4 is 34.2 Å². The van der Waals surface area contributed by atoms with Crippen molar-refractivity contribution in [2.45, 2.75) is 6.92 Å². The summed E-state index contributed by atoms with van der Waals surface area (Å²) in [6.07, 6.45) is 6.79. The number of nitrogen functional groups attached to an aromatic ring is 1. The molecule has 0 spiro atoms. The Morgan fingerprint density at radius 2 is 1.97 bits per heavy atom. The van der Waals surface area contributed by atoms with Gasteiger partial charge in [-0.3, -0.25) is 14.8 Å². The van der Waals surface area contributed by atoms with Crippen LogP contribution in [-0.4, -0.2) is 33.7 Å². The minimum atomic E-state index is -0.525. The lowest BCUT2D eigenvalue weighted by molar-refractivity contribution is 0.100. The van der Waals surface area contributed by atoms with Crippen molar-refractivity contribution in [1.29, 1.82) is 0 Å². The van der Waals surface area contributed by atoms with Gasteiger partial charge in [0.25, 0.3) is 0 Å². The number of aryl methyl sites for hydroxylation is 1. The fraction of sp³-hybridized carbons (Fsp3) is 0.0833.